The quantitative estimate of drug-likeness (QED) is 0.771. The van der Waals surface area contributed by atoms with E-state index in [2.05, 4.69) is 0 Å². The maximum absolute atomic E-state index is 12.7. The largest absolute Gasteiger partial charge is 0.332 e. The molecule has 0 aromatic heterocycles. The highest BCUT2D eigenvalue weighted by molar-refractivity contribution is 7.91. The summed E-state index contributed by atoms with van der Waals surface area (Å²) in [4.78, 5) is 15.1. The summed E-state index contributed by atoms with van der Waals surface area (Å²) in [5, 5.41) is 0. The molecule has 1 fully saturated rings. The Kier molecular flexibility index (Phi) is 6.06. The number of hydrogen-bond donors (Lipinski definition) is 0. The standard InChI is InChI=1S/C15H20F2N2O3S/c16-14(17)11-19(10-13-4-2-1-3-5-13)15(20)12-18-6-8-23(21,22)9-7-18/h1-5,14H,6-12H2. The predicted molar refractivity (Wildman–Crippen MR) is 83.0 cm³/mol. The number of benzene rings is 1. The van der Waals surface area contributed by atoms with Crippen LogP contribution in [-0.4, -0.2) is 68.2 Å². The molecule has 0 aliphatic carbocycles. The lowest BCUT2D eigenvalue weighted by Gasteiger charge is -2.29. The van der Waals surface area contributed by atoms with Crippen LogP contribution in [0.1, 0.15) is 5.56 Å². The smallest absolute Gasteiger partial charge is 0.255 e. The molecule has 5 nitrogen and oxygen atoms in total. The highest BCUT2D eigenvalue weighted by Crippen LogP contribution is 2.10. The van der Waals surface area contributed by atoms with Gasteiger partial charge in [0.05, 0.1) is 24.6 Å². The minimum atomic E-state index is -3.03. The molecule has 2 rings (SSSR count). The summed E-state index contributed by atoms with van der Waals surface area (Å²) in [7, 11) is -3.03. The van der Waals surface area contributed by atoms with Crippen molar-refractivity contribution >= 4 is 15.7 Å². The average Bonchev–Trinajstić information content (AvgIpc) is 2.49. The molecule has 0 N–H and O–H groups in total. The van der Waals surface area contributed by atoms with Crippen LogP contribution in [0, 0.1) is 0 Å². The monoisotopic (exact) mass is 346 g/mol. The summed E-state index contributed by atoms with van der Waals surface area (Å²) >= 11 is 0. The van der Waals surface area contributed by atoms with Gasteiger partial charge in [-0.05, 0) is 5.56 Å². The average molecular weight is 346 g/mol. The van der Waals surface area contributed by atoms with E-state index < -0.39 is 28.7 Å². The van der Waals surface area contributed by atoms with E-state index in [0.717, 1.165) is 10.5 Å². The number of nitrogens with zero attached hydrogens (tertiary/aromatic N) is 2. The molecule has 1 aliphatic rings. The third-order valence-corrected chi connectivity index (χ3v) is 5.33. The number of carbonyl (C=O) groups is 1. The first-order chi connectivity index (χ1) is 10.9. The first kappa shape index (κ1) is 17.8. The Bertz CT molecular complexity index is 609. The molecule has 23 heavy (non-hydrogen) atoms. The molecule has 1 heterocycles. The molecule has 0 unspecified atom stereocenters. The predicted octanol–water partition coefficient (Wildman–Crippen LogP) is 1.01. The van der Waals surface area contributed by atoms with Crippen molar-refractivity contribution in [2.45, 2.75) is 13.0 Å². The SMILES string of the molecule is O=C(CN1CCS(=O)(=O)CC1)N(Cc1ccccc1)CC(F)F. The van der Waals surface area contributed by atoms with E-state index in [1.807, 2.05) is 6.07 Å². The van der Waals surface area contributed by atoms with Crippen molar-refractivity contribution in [1.82, 2.24) is 9.80 Å². The second-order valence-electron chi connectivity index (χ2n) is 5.58. The van der Waals surface area contributed by atoms with Crippen LogP contribution >= 0.6 is 0 Å². The van der Waals surface area contributed by atoms with Gasteiger partial charge in [0.25, 0.3) is 6.43 Å². The number of halogens is 2. The number of carbonyl (C=O) groups excluding carboxylic acids is 1. The minimum Gasteiger partial charge on any atom is -0.332 e. The Hall–Kier alpha value is -1.54. The lowest BCUT2D eigenvalue weighted by molar-refractivity contribution is -0.135. The molecule has 1 aliphatic heterocycles. The van der Waals surface area contributed by atoms with Crippen molar-refractivity contribution in [3.05, 3.63) is 35.9 Å². The highest BCUT2D eigenvalue weighted by Gasteiger charge is 2.26. The Morgan fingerprint density at radius 2 is 1.78 bits per heavy atom. The number of hydrogen-bond acceptors (Lipinski definition) is 4. The van der Waals surface area contributed by atoms with Gasteiger partial charge < -0.3 is 4.90 Å². The van der Waals surface area contributed by atoms with Crippen molar-refractivity contribution < 1.29 is 22.0 Å². The van der Waals surface area contributed by atoms with Crippen molar-refractivity contribution in [2.75, 3.05) is 37.7 Å². The molecule has 1 amide bonds. The molecule has 0 radical (unpaired) electrons. The normalized spacial score (nSPS) is 18.0. The topological polar surface area (TPSA) is 57.7 Å². The van der Waals surface area contributed by atoms with E-state index >= 15 is 0 Å². The van der Waals surface area contributed by atoms with Crippen LogP contribution in [0.2, 0.25) is 0 Å². The number of rotatable bonds is 6. The lowest BCUT2D eigenvalue weighted by atomic mass is 10.2. The zero-order chi connectivity index (χ0) is 16.9. The van der Waals surface area contributed by atoms with Crippen LogP contribution in [0.15, 0.2) is 30.3 Å². The van der Waals surface area contributed by atoms with E-state index in [0.29, 0.717) is 0 Å². The van der Waals surface area contributed by atoms with E-state index in [1.165, 1.54) is 0 Å². The van der Waals surface area contributed by atoms with E-state index in [4.69, 9.17) is 0 Å². The maximum atomic E-state index is 12.7. The van der Waals surface area contributed by atoms with Crippen LogP contribution in [0.4, 0.5) is 8.78 Å². The second-order valence-corrected chi connectivity index (χ2v) is 7.88. The number of alkyl halides is 2. The summed E-state index contributed by atoms with van der Waals surface area (Å²) in [6.45, 7) is -0.00501. The Morgan fingerprint density at radius 1 is 1.17 bits per heavy atom. The van der Waals surface area contributed by atoms with E-state index in [9.17, 15) is 22.0 Å². The molecule has 1 aromatic carbocycles. The first-order valence-corrected chi connectivity index (χ1v) is 9.20. The van der Waals surface area contributed by atoms with Crippen molar-refractivity contribution in [1.29, 1.82) is 0 Å². The van der Waals surface area contributed by atoms with Crippen molar-refractivity contribution in [2.24, 2.45) is 0 Å². The molecule has 0 atom stereocenters. The summed E-state index contributed by atoms with van der Waals surface area (Å²) in [5.41, 5.74) is 0.780. The molecular formula is C15H20F2N2O3S. The zero-order valence-electron chi connectivity index (χ0n) is 12.7. The summed E-state index contributed by atoms with van der Waals surface area (Å²) < 4.78 is 48.2. The Balaban J connectivity index is 1.96. The summed E-state index contributed by atoms with van der Waals surface area (Å²) in [6.07, 6.45) is -2.61. The molecule has 0 spiro atoms. The van der Waals surface area contributed by atoms with E-state index in [1.54, 1.807) is 29.2 Å². The van der Waals surface area contributed by atoms with Gasteiger partial charge in [0.15, 0.2) is 9.84 Å². The van der Waals surface area contributed by atoms with E-state index in [-0.39, 0.29) is 37.7 Å². The maximum Gasteiger partial charge on any atom is 0.255 e. The summed E-state index contributed by atoms with van der Waals surface area (Å²) in [6, 6.07) is 8.95. The van der Waals surface area contributed by atoms with Crippen LogP contribution < -0.4 is 0 Å². The highest BCUT2D eigenvalue weighted by atomic mass is 32.2. The molecule has 1 aromatic rings. The third kappa shape index (κ3) is 5.87. The zero-order valence-corrected chi connectivity index (χ0v) is 13.5. The number of amides is 1. The van der Waals surface area contributed by atoms with Crippen LogP contribution in [0.3, 0.4) is 0 Å². The fourth-order valence-electron chi connectivity index (χ4n) is 2.42. The Labute approximate surface area is 134 Å². The Morgan fingerprint density at radius 3 is 2.35 bits per heavy atom. The van der Waals surface area contributed by atoms with Gasteiger partial charge in [0.2, 0.25) is 5.91 Å². The van der Waals surface area contributed by atoms with Crippen LogP contribution in [0.25, 0.3) is 0 Å². The van der Waals surface area contributed by atoms with Gasteiger partial charge in [0.1, 0.15) is 0 Å². The van der Waals surface area contributed by atoms with Gasteiger partial charge in [-0.3, -0.25) is 9.69 Å². The van der Waals surface area contributed by atoms with Gasteiger partial charge in [-0.2, -0.15) is 0 Å². The molecule has 1 saturated heterocycles. The molecule has 0 saturated carbocycles. The summed E-state index contributed by atoms with van der Waals surface area (Å²) in [5.74, 6) is -0.393. The van der Waals surface area contributed by atoms with Crippen molar-refractivity contribution in [3.8, 4) is 0 Å². The first-order valence-electron chi connectivity index (χ1n) is 7.38. The van der Waals surface area contributed by atoms with Gasteiger partial charge in [-0.25, -0.2) is 17.2 Å². The second kappa shape index (κ2) is 7.83. The molecular weight excluding hydrogens is 326 g/mol. The van der Waals surface area contributed by atoms with Crippen molar-refractivity contribution in [3.63, 3.8) is 0 Å². The fraction of sp³-hybridized carbons (Fsp3) is 0.533. The molecule has 8 heteroatoms. The molecule has 0 bridgehead atoms. The van der Waals surface area contributed by atoms with Crippen LogP contribution in [-0.2, 0) is 21.2 Å². The molecule has 128 valence electrons. The minimum absolute atomic E-state index is 0.00775. The lowest BCUT2D eigenvalue weighted by Crippen LogP contribution is -2.47. The van der Waals surface area contributed by atoms with Gasteiger partial charge in [-0.1, -0.05) is 30.3 Å². The third-order valence-electron chi connectivity index (χ3n) is 3.72. The van der Waals surface area contributed by atoms with Crippen LogP contribution in [0.5, 0.6) is 0 Å². The fourth-order valence-corrected chi connectivity index (χ4v) is 3.70. The number of sulfone groups is 1. The van der Waals surface area contributed by atoms with Gasteiger partial charge in [0, 0.05) is 19.6 Å². The van der Waals surface area contributed by atoms with Gasteiger partial charge >= 0.3 is 0 Å². The van der Waals surface area contributed by atoms with Gasteiger partial charge in [-0.15, -0.1) is 0 Å².